The number of methoxy groups -OCH3 is 1. The monoisotopic (exact) mass is 262 g/mol. The van der Waals surface area contributed by atoms with Crippen molar-refractivity contribution in [1.29, 1.82) is 0 Å². The number of rotatable bonds is 2. The number of nitrogens with two attached hydrogens (primary N) is 1. The highest BCUT2D eigenvalue weighted by Gasteiger charge is 2.24. The minimum atomic E-state index is -0.223. The SMILES string of the molecule is COc1cc(-c2cnoc2N)c(O)c(C(C)(C)C)c1. The van der Waals surface area contributed by atoms with Crippen LogP contribution in [-0.2, 0) is 5.41 Å². The third-order valence-corrected chi connectivity index (χ3v) is 3.02. The second-order valence-electron chi connectivity index (χ2n) is 5.42. The summed E-state index contributed by atoms with van der Waals surface area (Å²) in [5.41, 5.74) is 7.38. The number of ether oxygens (including phenoxy) is 1. The lowest BCUT2D eigenvalue weighted by atomic mass is 9.84. The molecule has 19 heavy (non-hydrogen) atoms. The quantitative estimate of drug-likeness (QED) is 0.869. The van der Waals surface area contributed by atoms with Crippen LogP contribution in [-0.4, -0.2) is 17.4 Å². The average Bonchev–Trinajstić information content (AvgIpc) is 2.74. The number of benzene rings is 1. The van der Waals surface area contributed by atoms with Crippen molar-refractivity contribution in [3.05, 3.63) is 23.9 Å². The summed E-state index contributed by atoms with van der Waals surface area (Å²) in [4.78, 5) is 0. The molecule has 0 unspecified atom stereocenters. The molecule has 0 aliphatic rings. The van der Waals surface area contributed by atoms with E-state index in [0.29, 0.717) is 16.9 Å². The van der Waals surface area contributed by atoms with Gasteiger partial charge >= 0.3 is 0 Å². The fourth-order valence-electron chi connectivity index (χ4n) is 1.95. The molecule has 2 rings (SSSR count). The first-order chi connectivity index (χ1) is 8.84. The summed E-state index contributed by atoms with van der Waals surface area (Å²) in [5.74, 6) is 0.991. The number of phenolic OH excluding ortho intramolecular Hbond substituents is 1. The van der Waals surface area contributed by atoms with Crippen molar-refractivity contribution < 1.29 is 14.4 Å². The maximum Gasteiger partial charge on any atom is 0.230 e. The zero-order valence-electron chi connectivity index (χ0n) is 11.5. The molecule has 0 atom stereocenters. The van der Waals surface area contributed by atoms with Crippen molar-refractivity contribution in [3.8, 4) is 22.6 Å². The Morgan fingerprint density at radius 1 is 1.26 bits per heavy atom. The van der Waals surface area contributed by atoms with Gasteiger partial charge < -0.3 is 20.1 Å². The van der Waals surface area contributed by atoms with E-state index in [1.54, 1.807) is 13.2 Å². The molecule has 0 saturated heterocycles. The summed E-state index contributed by atoms with van der Waals surface area (Å²) < 4.78 is 10.1. The van der Waals surface area contributed by atoms with Gasteiger partial charge in [-0.3, -0.25) is 0 Å². The van der Waals surface area contributed by atoms with Gasteiger partial charge in [0, 0.05) is 11.1 Å². The third kappa shape index (κ3) is 2.36. The van der Waals surface area contributed by atoms with E-state index >= 15 is 0 Å². The van der Waals surface area contributed by atoms with Gasteiger partial charge in [0.2, 0.25) is 5.88 Å². The van der Waals surface area contributed by atoms with Crippen LogP contribution in [0.3, 0.4) is 0 Å². The number of hydrogen-bond donors (Lipinski definition) is 2. The molecule has 0 saturated carbocycles. The average molecular weight is 262 g/mol. The second-order valence-corrected chi connectivity index (χ2v) is 5.42. The first-order valence-electron chi connectivity index (χ1n) is 5.96. The highest BCUT2D eigenvalue weighted by Crippen LogP contribution is 2.42. The van der Waals surface area contributed by atoms with E-state index in [4.69, 9.17) is 15.0 Å². The van der Waals surface area contributed by atoms with Crippen LogP contribution >= 0.6 is 0 Å². The van der Waals surface area contributed by atoms with Crippen molar-refractivity contribution >= 4 is 5.88 Å². The van der Waals surface area contributed by atoms with Crippen LogP contribution in [0.2, 0.25) is 0 Å². The third-order valence-electron chi connectivity index (χ3n) is 3.02. The molecule has 0 fully saturated rings. The van der Waals surface area contributed by atoms with Crippen molar-refractivity contribution in [2.24, 2.45) is 0 Å². The fraction of sp³-hybridized carbons (Fsp3) is 0.357. The standard InChI is InChI=1S/C14H18N2O3/c1-14(2,3)11-6-8(18-4)5-9(12(11)17)10-7-16-19-13(10)15/h5-7,17H,15H2,1-4H3. The summed E-state index contributed by atoms with van der Waals surface area (Å²) in [6, 6.07) is 3.54. The van der Waals surface area contributed by atoms with Crippen LogP contribution in [0.1, 0.15) is 26.3 Å². The number of phenols is 1. The van der Waals surface area contributed by atoms with Crippen molar-refractivity contribution in [2.75, 3.05) is 12.8 Å². The Hall–Kier alpha value is -2.17. The minimum absolute atomic E-state index is 0.170. The molecule has 5 nitrogen and oxygen atoms in total. The molecule has 0 amide bonds. The van der Waals surface area contributed by atoms with Gasteiger partial charge in [-0.25, -0.2) is 0 Å². The number of aromatic hydroxyl groups is 1. The molecule has 0 aliphatic heterocycles. The van der Waals surface area contributed by atoms with Crippen LogP contribution < -0.4 is 10.5 Å². The molecular formula is C14H18N2O3. The van der Waals surface area contributed by atoms with Gasteiger partial charge in [-0.15, -0.1) is 0 Å². The lowest BCUT2D eigenvalue weighted by Gasteiger charge is -2.22. The number of anilines is 1. The molecule has 0 radical (unpaired) electrons. The van der Waals surface area contributed by atoms with Crippen LogP contribution in [0, 0.1) is 0 Å². The van der Waals surface area contributed by atoms with Crippen molar-refractivity contribution in [1.82, 2.24) is 5.16 Å². The zero-order valence-corrected chi connectivity index (χ0v) is 11.5. The van der Waals surface area contributed by atoms with E-state index < -0.39 is 0 Å². The number of aromatic nitrogens is 1. The van der Waals surface area contributed by atoms with Crippen LogP contribution in [0.5, 0.6) is 11.5 Å². The molecule has 2 aromatic rings. The predicted molar refractivity (Wildman–Crippen MR) is 73.3 cm³/mol. The van der Waals surface area contributed by atoms with Gasteiger partial charge in [0.1, 0.15) is 11.5 Å². The lowest BCUT2D eigenvalue weighted by molar-refractivity contribution is 0.406. The zero-order chi connectivity index (χ0) is 14.2. The Balaban J connectivity index is 2.71. The van der Waals surface area contributed by atoms with Gasteiger partial charge in [0.25, 0.3) is 0 Å². The Bertz CT molecular complexity index is 597. The smallest absolute Gasteiger partial charge is 0.230 e. The van der Waals surface area contributed by atoms with Crippen molar-refractivity contribution in [3.63, 3.8) is 0 Å². The lowest BCUT2D eigenvalue weighted by Crippen LogP contribution is -2.12. The first kappa shape index (κ1) is 13.3. The van der Waals surface area contributed by atoms with Crippen LogP contribution in [0.4, 0.5) is 5.88 Å². The van der Waals surface area contributed by atoms with E-state index in [1.165, 1.54) is 6.20 Å². The van der Waals surface area contributed by atoms with Crippen molar-refractivity contribution in [2.45, 2.75) is 26.2 Å². The van der Waals surface area contributed by atoms with Gasteiger partial charge in [-0.2, -0.15) is 0 Å². The van der Waals surface area contributed by atoms with Gasteiger partial charge in [0.15, 0.2) is 0 Å². The Morgan fingerprint density at radius 2 is 1.95 bits per heavy atom. The highest BCUT2D eigenvalue weighted by molar-refractivity contribution is 5.79. The van der Waals surface area contributed by atoms with E-state index in [-0.39, 0.29) is 17.0 Å². The largest absolute Gasteiger partial charge is 0.507 e. The summed E-state index contributed by atoms with van der Waals surface area (Å²) in [7, 11) is 1.58. The van der Waals surface area contributed by atoms with Crippen LogP contribution in [0.25, 0.3) is 11.1 Å². The normalized spacial score (nSPS) is 11.6. The second kappa shape index (κ2) is 4.50. The molecule has 3 N–H and O–H groups in total. The van der Waals surface area contributed by atoms with Crippen LogP contribution in [0.15, 0.2) is 22.9 Å². The van der Waals surface area contributed by atoms with Gasteiger partial charge in [-0.1, -0.05) is 25.9 Å². The molecule has 0 aliphatic carbocycles. The molecule has 0 spiro atoms. The maximum atomic E-state index is 10.5. The molecule has 102 valence electrons. The van der Waals surface area contributed by atoms with E-state index in [0.717, 1.165) is 5.56 Å². The Morgan fingerprint density at radius 3 is 2.42 bits per heavy atom. The maximum absolute atomic E-state index is 10.5. The van der Waals surface area contributed by atoms with E-state index in [1.807, 2.05) is 26.8 Å². The molecule has 5 heteroatoms. The summed E-state index contributed by atoms with van der Waals surface area (Å²) >= 11 is 0. The topological polar surface area (TPSA) is 81.5 Å². The predicted octanol–water partition coefficient (Wildman–Crippen LogP) is 2.94. The Kier molecular flexibility index (Phi) is 3.14. The van der Waals surface area contributed by atoms with Gasteiger partial charge in [0.05, 0.1) is 18.9 Å². The Labute approximate surface area is 112 Å². The minimum Gasteiger partial charge on any atom is -0.507 e. The summed E-state index contributed by atoms with van der Waals surface area (Å²) in [6.07, 6.45) is 1.48. The number of hydrogen-bond acceptors (Lipinski definition) is 5. The fourth-order valence-corrected chi connectivity index (χ4v) is 1.95. The summed E-state index contributed by atoms with van der Waals surface area (Å²) in [6.45, 7) is 6.05. The molecule has 0 bridgehead atoms. The molecule has 1 aromatic heterocycles. The first-order valence-corrected chi connectivity index (χ1v) is 5.96. The molecule has 1 heterocycles. The van der Waals surface area contributed by atoms with E-state index in [9.17, 15) is 5.11 Å². The highest BCUT2D eigenvalue weighted by atomic mass is 16.5. The molecule has 1 aromatic carbocycles. The number of nitrogens with zero attached hydrogens (tertiary/aromatic N) is 1. The summed E-state index contributed by atoms with van der Waals surface area (Å²) in [5, 5.41) is 14.1. The number of nitrogen functional groups attached to an aromatic ring is 1. The van der Waals surface area contributed by atoms with Gasteiger partial charge in [-0.05, 0) is 17.5 Å². The van der Waals surface area contributed by atoms with E-state index in [2.05, 4.69) is 5.16 Å². The molecular weight excluding hydrogens is 244 g/mol.